The highest BCUT2D eigenvalue weighted by Gasteiger charge is 2.47. The maximum Gasteiger partial charge on any atom is 0.270 e. The van der Waals surface area contributed by atoms with Gasteiger partial charge in [0.05, 0.1) is 11.2 Å². The van der Waals surface area contributed by atoms with E-state index in [1.54, 1.807) is 43.5 Å². The fraction of sp³-hybridized carbons (Fsp3) is 0.581. The molecule has 0 spiro atoms. The van der Waals surface area contributed by atoms with E-state index in [0.717, 1.165) is 56.0 Å². The lowest BCUT2D eigenvalue weighted by Gasteiger charge is -2.38. The van der Waals surface area contributed by atoms with Gasteiger partial charge in [0, 0.05) is 56.9 Å². The molecule has 3 aromatic rings. The summed E-state index contributed by atoms with van der Waals surface area (Å²) in [6.45, 7) is 3.18. The van der Waals surface area contributed by atoms with Crippen LogP contribution in [-0.4, -0.2) is 79.0 Å². The van der Waals surface area contributed by atoms with E-state index >= 15 is 0 Å². The lowest BCUT2D eigenvalue weighted by Crippen LogP contribution is -2.42. The normalized spacial score (nSPS) is 25.1. The number of pyridine rings is 1. The van der Waals surface area contributed by atoms with E-state index in [-0.39, 0.29) is 23.8 Å². The van der Waals surface area contributed by atoms with Gasteiger partial charge in [0.1, 0.15) is 17.2 Å². The third-order valence-corrected chi connectivity index (χ3v) is 9.43. The van der Waals surface area contributed by atoms with E-state index in [9.17, 15) is 14.7 Å². The number of fused-ring (bicyclic) bond motifs is 2. The highest BCUT2D eigenvalue weighted by atomic mass is 16.3. The summed E-state index contributed by atoms with van der Waals surface area (Å²) in [6, 6.07) is 5.67. The molecule has 2 amide bonds. The zero-order valence-corrected chi connectivity index (χ0v) is 24.3. The lowest BCUT2D eigenvalue weighted by atomic mass is 9.72. The Balaban J connectivity index is 1.21. The minimum atomic E-state index is -0.707. The zero-order valence-electron chi connectivity index (χ0n) is 24.3. The van der Waals surface area contributed by atoms with E-state index < -0.39 is 5.60 Å². The summed E-state index contributed by atoms with van der Waals surface area (Å²) >= 11 is 0. The minimum Gasteiger partial charge on any atom is -0.390 e. The number of likely N-dealkylation sites (tertiary alicyclic amines) is 1. The van der Waals surface area contributed by atoms with Gasteiger partial charge in [-0.25, -0.2) is 9.97 Å². The average Bonchev–Trinajstić information content (AvgIpc) is 3.46. The molecule has 6 rings (SSSR count). The van der Waals surface area contributed by atoms with Crippen molar-refractivity contribution in [1.82, 2.24) is 29.3 Å². The first-order valence-electron chi connectivity index (χ1n) is 15.1. The van der Waals surface area contributed by atoms with Crippen molar-refractivity contribution in [3.05, 3.63) is 41.9 Å². The number of carbonyl (C=O) groups is 2. The Morgan fingerprint density at radius 1 is 1.02 bits per heavy atom. The molecule has 4 heterocycles. The lowest BCUT2D eigenvalue weighted by molar-refractivity contribution is -0.0421. The Morgan fingerprint density at radius 3 is 2.49 bits per heavy atom. The predicted molar refractivity (Wildman–Crippen MR) is 157 cm³/mol. The predicted octanol–water partition coefficient (Wildman–Crippen LogP) is 4.79. The summed E-state index contributed by atoms with van der Waals surface area (Å²) in [5.74, 6) is 1.33. The molecule has 10 heteroatoms. The number of aliphatic hydroxyl groups is 1. The molecule has 0 bridgehead atoms. The summed E-state index contributed by atoms with van der Waals surface area (Å²) in [5.41, 5.74) is 1.21. The van der Waals surface area contributed by atoms with Crippen LogP contribution in [0.3, 0.4) is 0 Å². The molecule has 1 saturated heterocycles. The minimum absolute atomic E-state index is 0.0375. The number of aromatic nitrogens is 4. The number of rotatable bonds is 5. The van der Waals surface area contributed by atoms with Crippen molar-refractivity contribution in [2.45, 2.75) is 76.4 Å². The smallest absolute Gasteiger partial charge is 0.270 e. The molecule has 0 aromatic carbocycles. The monoisotopic (exact) mass is 559 g/mol. The largest absolute Gasteiger partial charge is 0.390 e. The van der Waals surface area contributed by atoms with Crippen LogP contribution in [0.15, 0.2) is 30.6 Å². The Labute approximate surface area is 241 Å². The van der Waals surface area contributed by atoms with E-state index in [2.05, 4.69) is 19.9 Å². The van der Waals surface area contributed by atoms with Crippen molar-refractivity contribution < 1.29 is 14.7 Å². The fourth-order valence-electron chi connectivity index (χ4n) is 7.18. The maximum atomic E-state index is 13.3. The van der Waals surface area contributed by atoms with Crippen LogP contribution in [0, 0.1) is 11.8 Å². The van der Waals surface area contributed by atoms with E-state index in [1.807, 2.05) is 17.9 Å². The molecule has 2 N–H and O–H groups in total. The molecule has 0 radical (unpaired) electrons. The summed E-state index contributed by atoms with van der Waals surface area (Å²) in [7, 11) is 3.55. The molecule has 2 saturated carbocycles. The van der Waals surface area contributed by atoms with Crippen LogP contribution >= 0.6 is 0 Å². The fourth-order valence-corrected chi connectivity index (χ4v) is 7.18. The van der Waals surface area contributed by atoms with Gasteiger partial charge in [-0.3, -0.25) is 9.59 Å². The SMILES string of the molecule is CN(C)C(=O)c1cc2cnc(Nc3ccc(C(=O)N4CC5CCCC(C)(O)C5C4)cn3)nc2n1C1CCCCCC1. The molecular formula is C31H41N7O3. The van der Waals surface area contributed by atoms with Crippen LogP contribution in [0.5, 0.6) is 0 Å². The van der Waals surface area contributed by atoms with Crippen molar-refractivity contribution in [1.29, 1.82) is 0 Å². The average molecular weight is 560 g/mol. The van der Waals surface area contributed by atoms with Crippen LogP contribution in [0.1, 0.15) is 91.6 Å². The Hall–Kier alpha value is -3.53. The topological polar surface area (TPSA) is 116 Å². The van der Waals surface area contributed by atoms with E-state index in [1.165, 1.54) is 12.8 Å². The molecule has 1 aliphatic heterocycles. The molecule has 2 aliphatic carbocycles. The van der Waals surface area contributed by atoms with Crippen molar-refractivity contribution >= 4 is 34.6 Å². The van der Waals surface area contributed by atoms with Crippen LogP contribution in [-0.2, 0) is 0 Å². The van der Waals surface area contributed by atoms with E-state index in [0.29, 0.717) is 42.0 Å². The molecule has 3 atom stereocenters. The first-order chi connectivity index (χ1) is 19.7. The quantitative estimate of drug-likeness (QED) is 0.432. The number of nitrogens with zero attached hydrogens (tertiary/aromatic N) is 6. The highest BCUT2D eigenvalue weighted by molar-refractivity contribution is 5.98. The number of nitrogens with one attached hydrogen (secondary N) is 1. The van der Waals surface area contributed by atoms with Crippen molar-refractivity contribution in [2.75, 3.05) is 32.5 Å². The third kappa shape index (κ3) is 5.41. The maximum absolute atomic E-state index is 13.3. The highest BCUT2D eigenvalue weighted by Crippen LogP contribution is 2.42. The summed E-state index contributed by atoms with van der Waals surface area (Å²) in [4.78, 5) is 43.7. The van der Waals surface area contributed by atoms with Crippen LogP contribution in [0.4, 0.5) is 11.8 Å². The van der Waals surface area contributed by atoms with Gasteiger partial charge in [-0.2, -0.15) is 4.98 Å². The van der Waals surface area contributed by atoms with Crippen molar-refractivity contribution in [2.24, 2.45) is 11.8 Å². The van der Waals surface area contributed by atoms with Gasteiger partial charge >= 0.3 is 0 Å². The van der Waals surface area contributed by atoms with Gasteiger partial charge in [0.2, 0.25) is 5.95 Å². The Morgan fingerprint density at radius 2 is 1.80 bits per heavy atom. The number of carbonyl (C=O) groups excluding carboxylic acids is 2. The second kappa shape index (κ2) is 11.0. The number of anilines is 2. The van der Waals surface area contributed by atoms with Gasteiger partial charge < -0.3 is 24.8 Å². The molecule has 3 fully saturated rings. The molecule has 10 nitrogen and oxygen atoms in total. The zero-order chi connectivity index (χ0) is 28.7. The molecule has 218 valence electrons. The van der Waals surface area contributed by atoms with Crippen molar-refractivity contribution in [3.8, 4) is 0 Å². The van der Waals surface area contributed by atoms with Crippen LogP contribution in [0.25, 0.3) is 11.0 Å². The van der Waals surface area contributed by atoms with Gasteiger partial charge in [0.15, 0.2) is 0 Å². The Bertz CT molecular complexity index is 1420. The molecule has 3 unspecified atom stereocenters. The van der Waals surface area contributed by atoms with Gasteiger partial charge in [-0.1, -0.05) is 32.1 Å². The van der Waals surface area contributed by atoms with Crippen molar-refractivity contribution in [3.63, 3.8) is 0 Å². The van der Waals surface area contributed by atoms with Gasteiger partial charge in [-0.15, -0.1) is 0 Å². The number of amides is 2. The van der Waals surface area contributed by atoms with Crippen LogP contribution < -0.4 is 5.32 Å². The summed E-state index contributed by atoms with van der Waals surface area (Å²) in [6.07, 6.45) is 13.0. The molecule has 41 heavy (non-hydrogen) atoms. The molecular weight excluding hydrogens is 518 g/mol. The van der Waals surface area contributed by atoms with E-state index in [4.69, 9.17) is 4.98 Å². The molecule has 3 aliphatic rings. The first kappa shape index (κ1) is 27.6. The first-order valence-corrected chi connectivity index (χ1v) is 15.1. The third-order valence-electron chi connectivity index (χ3n) is 9.43. The Kier molecular flexibility index (Phi) is 7.44. The number of hydrogen-bond donors (Lipinski definition) is 2. The number of hydrogen-bond acceptors (Lipinski definition) is 7. The second-order valence-corrected chi connectivity index (χ2v) is 12.6. The second-order valence-electron chi connectivity index (χ2n) is 12.6. The molecule has 3 aromatic heterocycles. The van der Waals surface area contributed by atoms with Gasteiger partial charge in [-0.05, 0) is 56.7 Å². The summed E-state index contributed by atoms with van der Waals surface area (Å²) in [5, 5.41) is 14.8. The van der Waals surface area contributed by atoms with Gasteiger partial charge in [0.25, 0.3) is 11.8 Å². The summed E-state index contributed by atoms with van der Waals surface area (Å²) < 4.78 is 2.12. The van der Waals surface area contributed by atoms with Crippen LogP contribution in [0.2, 0.25) is 0 Å². The standard InChI is InChI=1S/C31H41N7O3/c1-31(41)14-8-9-21-18-37(19-24(21)31)28(39)20-12-13-26(32-16-20)34-30-33-17-22-15-25(29(40)36(2)3)38(27(22)35-30)23-10-6-4-5-7-11-23/h12-13,15-17,21,23-24,41H,4-11,14,18-19H2,1-3H3,(H,32,33,34,35).